The molecule has 4 heteroatoms. The first-order valence-electron chi connectivity index (χ1n) is 4.26. The molecule has 0 saturated heterocycles. The molecule has 1 unspecified atom stereocenters. The zero-order valence-corrected chi connectivity index (χ0v) is 7.42. The molecule has 0 rings (SSSR count). The average molecular weight is 175 g/mol. The number of aliphatic hydroxyl groups excluding tert-OH is 1. The summed E-state index contributed by atoms with van der Waals surface area (Å²) in [7, 11) is 0. The van der Waals surface area contributed by atoms with Gasteiger partial charge in [-0.1, -0.05) is 6.92 Å². The SMILES string of the molecule is CCC(CCO)NCCC(=O)O. The quantitative estimate of drug-likeness (QED) is 0.517. The summed E-state index contributed by atoms with van der Waals surface area (Å²) in [5.41, 5.74) is 0. The van der Waals surface area contributed by atoms with E-state index in [2.05, 4.69) is 5.32 Å². The number of aliphatic hydroxyl groups is 1. The predicted molar refractivity (Wildman–Crippen MR) is 46.0 cm³/mol. The van der Waals surface area contributed by atoms with Crippen molar-refractivity contribution in [2.24, 2.45) is 0 Å². The molecule has 0 aromatic carbocycles. The number of aliphatic carboxylic acids is 1. The van der Waals surface area contributed by atoms with Crippen LogP contribution < -0.4 is 5.32 Å². The zero-order valence-electron chi connectivity index (χ0n) is 7.42. The van der Waals surface area contributed by atoms with Crippen molar-refractivity contribution in [2.75, 3.05) is 13.2 Å². The third kappa shape index (κ3) is 6.12. The number of nitrogens with one attached hydrogen (secondary N) is 1. The molecule has 0 aliphatic heterocycles. The Hall–Kier alpha value is -0.610. The van der Waals surface area contributed by atoms with Crippen LogP contribution in [0.3, 0.4) is 0 Å². The molecule has 0 heterocycles. The van der Waals surface area contributed by atoms with Gasteiger partial charge in [0.25, 0.3) is 0 Å². The van der Waals surface area contributed by atoms with Gasteiger partial charge in [-0.05, 0) is 12.8 Å². The lowest BCUT2D eigenvalue weighted by Gasteiger charge is -2.14. The van der Waals surface area contributed by atoms with E-state index in [1.165, 1.54) is 0 Å². The molecule has 0 aliphatic carbocycles. The van der Waals surface area contributed by atoms with E-state index in [4.69, 9.17) is 10.2 Å². The topological polar surface area (TPSA) is 69.6 Å². The Labute approximate surface area is 72.6 Å². The number of hydrogen-bond acceptors (Lipinski definition) is 3. The fourth-order valence-electron chi connectivity index (χ4n) is 0.990. The van der Waals surface area contributed by atoms with Gasteiger partial charge in [-0.3, -0.25) is 4.79 Å². The van der Waals surface area contributed by atoms with Crippen LogP contribution in [0.15, 0.2) is 0 Å². The van der Waals surface area contributed by atoms with Crippen LogP contribution in [-0.2, 0) is 4.79 Å². The van der Waals surface area contributed by atoms with E-state index in [1.807, 2.05) is 6.92 Å². The molecule has 72 valence electrons. The third-order valence-corrected chi connectivity index (χ3v) is 1.74. The normalized spacial score (nSPS) is 12.8. The summed E-state index contributed by atoms with van der Waals surface area (Å²) in [6, 6.07) is 0.245. The van der Waals surface area contributed by atoms with E-state index >= 15 is 0 Å². The largest absolute Gasteiger partial charge is 0.481 e. The van der Waals surface area contributed by atoms with Gasteiger partial charge in [-0.15, -0.1) is 0 Å². The molecular formula is C8H17NO3. The minimum Gasteiger partial charge on any atom is -0.481 e. The molecule has 0 fully saturated rings. The lowest BCUT2D eigenvalue weighted by Crippen LogP contribution is -2.31. The molecule has 0 radical (unpaired) electrons. The second kappa shape index (κ2) is 7.06. The highest BCUT2D eigenvalue weighted by atomic mass is 16.4. The fourth-order valence-corrected chi connectivity index (χ4v) is 0.990. The van der Waals surface area contributed by atoms with Crippen LogP contribution in [0.1, 0.15) is 26.2 Å². The fraction of sp³-hybridized carbons (Fsp3) is 0.875. The minimum atomic E-state index is -0.790. The van der Waals surface area contributed by atoms with Crippen molar-refractivity contribution in [3.05, 3.63) is 0 Å². The average Bonchev–Trinajstić information content (AvgIpc) is 2.02. The smallest absolute Gasteiger partial charge is 0.304 e. The molecule has 0 saturated carbocycles. The van der Waals surface area contributed by atoms with Gasteiger partial charge in [0.1, 0.15) is 0 Å². The van der Waals surface area contributed by atoms with Gasteiger partial charge in [0.2, 0.25) is 0 Å². The number of carbonyl (C=O) groups is 1. The van der Waals surface area contributed by atoms with E-state index in [0.717, 1.165) is 6.42 Å². The highest BCUT2D eigenvalue weighted by molar-refractivity contribution is 5.66. The highest BCUT2D eigenvalue weighted by Gasteiger charge is 2.04. The second-order valence-corrected chi connectivity index (χ2v) is 2.72. The van der Waals surface area contributed by atoms with Crippen LogP contribution >= 0.6 is 0 Å². The first-order chi connectivity index (χ1) is 5.70. The Morgan fingerprint density at radius 3 is 2.67 bits per heavy atom. The number of rotatable bonds is 7. The Bertz CT molecular complexity index is 127. The van der Waals surface area contributed by atoms with Crippen LogP contribution in [0, 0.1) is 0 Å². The maximum atomic E-state index is 10.1. The lowest BCUT2D eigenvalue weighted by molar-refractivity contribution is -0.136. The summed E-state index contributed by atoms with van der Waals surface area (Å²) < 4.78 is 0. The molecule has 12 heavy (non-hydrogen) atoms. The molecule has 0 aliphatic rings. The van der Waals surface area contributed by atoms with Gasteiger partial charge in [-0.2, -0.15) is 0 Å². The van der Waals surface area contributed by atoms with Crippen molar-refractivity contribution in [1.29, 1.82) is 0 Å². The number of carboxylic acids is 1. The molecule has 3 N–H and O–H groups in total. The van der Waals surface area contributed by atoms with Crippen molar-refractivity contribution in [1.82, 2.24) is 5.32 Å². The van der Waals surface area contributed by atoms with Crippen molar-refractivity contribution in [3.8, 4) is 0 Å². The standard InChI is InChI=1S/C8H17NO3/c1-2-7(4-6-10)9-5-3-8(11)12/h7,9-10H,2-6H2,1H3,(H,11,12). The van der Waals surface area contributed by atoms with Gasteiger partial charge in [0, 0.05) is 19.2 Å². The van der Waals surface area contributed by atoms with E-state index in [1.54, 1.807) is 0 Å². The monoisotopic (exact) mass is 175 g/mol. The zero-order chi connectivity index (χ0) is 9.40. The number of carboxylic acid groups (broad SMARTS) is 1. The minimum absolute atomic E-state index is 0.141. The maximum absolute atomic E-state index is 10.1. The Balaban J connectivity index is 3.37. The van der Waals surface area contributed by atoms with Crippen LogP contribution in [0.25, 0.3) is 0 Å². The molecule has 4 nitrogen and oxygen atoms in total. The van der Waals surface area contributed by atoms with Crippen molar-refractivity contribution in [2.45, 2.75) is 32.2 Å². The molecular weight excluding hydrogens is 158 g/mol. The van der Waals surface area contributed by atoms with Gasteiger partial charge < -0.3 is 15.5 Å². The first kappa shape index (κ1) is 11.4. The van der Waals surface area contributed by atoms with Crippen LogP contribution in [0.4, 0.5) is 0 Å². The van der Waals surface area contributed by atoms with Gasteiger partial charge >= 0.3 is 5.97 Å². The third-order valence-electron chi connectivity index (χ3n) is 1.74. The highest BCUT2D eigenvalue weighted by Crippen LogP contribution is 1.95. The Morgan fingerprint density at radius 1 is 1.58 bits per heavy atom. The predicted octanol–water partition coefficient (Wildman–Crippen LogP) is 0.212. The summed E-state index contributed by atoms with van der Waals surface area (Å²) in [5, 5.41) is 20.0. The van der Waals surface area contributed by atoms with Crippen LogP contribution in [-0.4, -0.2) is 35.4 Å². The first-order valence-corrected chi connectivity index (χ1v) is 4.26. The van der Waals surface area contributed by atoms with Gasteiger partial charge in [0.05, 0.1) is 6.42 Å². The van der Waals surface area contributed by atoms with Crippen molar-refractivity contribution in [3.63, 3.8) is 0 Å². The van der Waals surface area contributed by atoms with Crippen LogP contribution in [0.5, 0.6) is 0 Å². The summed E-state index contributed by atoms with van der Waals surface area (Å²) in [6.07, 6.45) is 1.75. The number of hydrogen-bond donors (Lipinski definition) is 3. The lowest BCUT2D eigenvalue weighted by atomic mass is 10.1. The van der Waals surface area contributed by atoms with E-state index < -0.39 is 5.97 Å². The molecule has 0 bridgehead atoms. The summed E-state index contributed by atoms with van der Waals surface area (Å²) >= 11 is 0. The molecule has 0 aromatic rings. The molecule has 0 aromatic heterocycles. The summed E-state index contributed by atoms with van der Waals surface area (Å²) in [5.74, 6) is -0.790. The molecule has 1 atom stereocenters. The Morgan fingerprint density at radius 2 is 2.25 bits per heavy atom. The van der Waals surface area contributed by atoms with Crippen LogP contribution in [0.2, 0.25) is 0 Å². The summed E-state index contributed by atoms with van der Waals surface area (Å²) in [4.78, 5) is 10.1. The van der Waals surface area contributed by atoms with Crippen molar-refractivity contribution >= 4 is 5.97 Å². The van der Waals surface area contributed by atoms with Gasteiger partial charge in [-0.25, -0.2) is 0 Å². The molecule has 0 spiro atoms. The van der Waals surface area contributed by atoms with Crippen molar-refractivity contribution < 1.29 is 15.0 Å². The second-order valence-electron chi connectivity index (χ2n) is 2.72. The summed E-state index contributed by atoms with van der Waals surface area (Å²) in [6.45, 7) is 2.64. The molecule has 0 amide bonds. The maximum Gasteiger partial charge on any atom is 0.304 e. The van der Waals surface area contributed by atoms with E-state index in [0.29, 0.717) is 13.0 Å². The Kier molecular flexibility index (Phi) is 6.70. The van der Waals surface area contributed by atoms with E-state index in [-0.39, 0.29) is 19.1 Å². The van der Waals surface area contributed by atoms with Gasteiger partial charge in [0.15, 0.2) is 0 Å². The van der Waals surface area contributed by atoms with E-state index in [9.17, 15) is 4.79 Å².